The molecule has 0 saturated heterocycles. The zero-order chi connectivity index (χ0) is 44.5. The van der Waals surface area contributed by atoms with Gasteiger partial charge in [0.15, 0.2) is 23.0 Å². The Morgan fingerprint density at radius 3 is 2.37 bits per heavy atom. The second kappa shape index (κ2) is 20.6. The Kier molecular flexibility index (Phi) is 14.7. The fourth-order valence-corrected chi connectivity index (χ4v) is 9.46. The Labute approximate surface area is 369 Å². The van der Waals surface area contributed by atoms with Gasteiger partial charge in [-0.3, -0.25) is 10.1 Å². The SMILES string of the molecule is CNC1(c2cc(O)cc(C(Cc3ccc(O)c(OCNCC(C)O)c3)C(=O)CC(O)C(Cc3cc[nH]c3)Cc3ccc(O)c(OC)c3Cc3cccc4ccccc34)c2)CCCC1. The Morgan fingerprint density at radius 1 is 0.841 bits per heavy atom. The van der Waals surface area contributed by atoms with E-state index in [0.717, 1.165) is 69.8 Å². The number of ketones is 1. The van der Waals surface area contributed by atoms with Crippen molar-refractivity contribution < 1.29 is 39.8 Å². The number of Topliss-reactive ketones (excluding diaryl/α,β-unsaturated/α-hetero) is 1. The van der Waals surface area contributed by atoms with E-state index in [1.54, 1.807) is 44.4 Å². The normalized spacial score (nSPS) is 15.5. The molecule has 63 heavy (non-hydrogen) atoms. The minimum Gasteiger partial charge on any atom is -0.508 e. The summed E-state index contributed by atoms with van der Waals surface area (Å²) in [4.78, 5) is 18.1. The number of aromatic amines is 1. The maximum atomic E-state index is 15.0. The molecule has 0 amide bonds. The van der Waals surface area contributed by atoms with E-state index >= 15 is 0 Å². The number of nitrogens with one attached hydrogen (secondary N) is 3. The van der Waals surface area contributed by atoms with Gasteiger partial charge in [0.1, 0.15) is 18.3 Å². The van der Waals surface area contributed by atoms with Crippen molar-refractivity contribution in [2.75, 3.05) is 27.4 Å². The largest absolute Gasteiger partial charge is 0.508 e. The van der Waals surface area contributed by atoms with Crippen LogP contribution < -0.4 is 20.1 Å². The molecule has 1 aliphatic carbocycles. The van der Waals surface area contributed by atoms with E-state index in [2.05, 4.69) is 39.9 Å². The van der Waals surface area contributed by atoms with Crippen molar-refractivity contribution >= 4 is 16.6 Å². The smallest absolute Gasteiger partial charge is 0.164 e. The van der Waals surface area contributed by atoms with Crippen LogP contribution in [-0.4, -0.2) is 75.9 Å². The first-order valence-corrected chi connectivity index (χ1v) is 22.0. The van der Waals surface area contributed by atoms with E-state index in [1.807, 2.05) is 55.8 Å². The third kappa shape index (κ3) is 10.9. The van der Waals surface area contributed by atoms with Gasteiger partial charge < -0.3 is 45.3 Å². The van der Waals surface area contributed by atoms with Gasteiger partial charge >= 0.3 is 0 Å². The molecule has 332 valence electrons. The molecule has 1 fully saturated rings. The van der Waals surface area contributed by atoms with Gasteiger partial charge in [-0.1, -0.05) is 73.5 Å². The number of carbonyl (C=O) groups is 1. The third-order valence-electron chi connectivity index (χ3n) is 12.8. The first kappa shape index (κ1) is 45.2. The Bertz CT molecular complexity index is 2460. The maximum Gasteiger partial charge on any atom is 0.164 e. The van der Waals surface area contributed by atoms with Crippen LogP contribution in [0.2, 0.25) is 0 Å². The predicted molar refractivity (Wildman–Crippen MR) is 246 cm³/mol. The molecule has 6 aromatic rings. The van der Waals surface area contributed by atoms with Crippen LogP contribution in [0.4, 0.5) is 0 Å². The number of ether oxygens (including phenoxy) is 2. The van der Waals surface area contributed by atoms with Crippen molar-refractivity contribution in [3.8, 4) is 28.7 Å². The highest BCUT2D eigenvalue weighted by atomic mass is 16.5. The van der Waals surface area contributed by atoms with Crippen molar-refractivity contribution in [3.63, 3.8) is 0 Å². The molecule has 0 radical (unpaired) electrons. The Hall–Kier alpha value is -5.85. The van der Waals surface area contributed by atoms with E-state index in [4.69, 9.17) is 9.47 Å². The van der Waals surface area contributed by atoms with Gasteiger partial charge in [0.05, 0.1) is 19.3 Å². The van der Waals surface area contributed by atoms with Crippen LogP contribution in [0.5, 0.6) is 28.7 Å². The summed E-state index contributed by atoms with van der Waals surface area (Å²) in [6, 6.07) is 30.3. The van der Waals surface area contributed by atoms with E-state index in [0.29, 0.717) is 37.1 Å². The number of aliphatic hydroxyl groups is 2. The van der Waals surface area contributed by atoms with E-state index in [1.165, 1.54) is 6.07 Å². The molecule has 1 aliphatic rings. The molecule has 0 spiro atoms. The van der Waals surface area contributed by atoms with E-state index in [9.17, 15) is 30.3 Å². The van der Waals surface area contributed by atoms with Gasteiger partial charge in [-0.25, -0.2) is 0 Å². The third-order valence-corrected chi connectivity index (χ3v) is 12.8. The lowest BCUT2D eigenvalue weighted by molar-refractivity contribution is -0.123. The molecule has 1 saturated carbocycles. The van der Waals surface area contributed by atoms with Gasteiger partial charge in [0, 0.05) is 48.8 Å². The molecule has 5 aromatic carbocycles. The lowest BCUT2D eigenvalue weighted by atomic mass is 9.79. The number of rotatable bonds is 21. The first-order chi connectivity index (χ1) is 30.5. The first-order valence-electron chi connectivity index (χ1n) is 22.0. The molecule has 4 atom stereocenters. The molecule has 1 aromatic heterocycles. The van der Waals surface area contributed by atoms with Crippen LogP contribution in [0, 0.1) is 5.92 Å². The number of H-pyrrole nitrogens is 1. The van der Waals surface area contributed by atoms with Crippen LogP contribution in [-0.2, 0) is 36.0 Å². The number of phenolic OH excluding ortho intramolecular Hbond substituents is 3. The van der Waals surface area contributed by atoms with Gasteiger partial charge in [0.25, 0.3) is 0 Å². The summed E-state index contributed by atoms with van der Waals surface area (Å²) >= 11 is 0. The van der Waals surface area contributed by atoms with E-state index in [-0.39, 0.29) is 53.9 Å². The summed E-state index contributed by atoms with van der Waals surface area (Å²) < 4.78 is 11.7. The average Bonchev–Trinajstić information content (AvgIpc) is 3.99. The molecule has 4 unspecified atom stereocenters. The molecule has 11 nitrogen and oxygen atoms in total. The fraction of sp³-hybridized carbons (Fsp3) is 0.365. The maximum absolute atomic E-state index is 15.0. The lowest BCUT2D eigenvalue weighted by Crippen LogP contribution is -2.37. The van der Waals surface area contributed by atoms with Crippen molar-refractivity contribution in [2.45, 2.75) is 88.4 Å². The summed E-state index contributed by atoms with van der Waals surface area (Å²) in [5.74, 6) is -0.754. The summed E-state index contributed by atoms with van der Waals surface area (Å²) in [5.41, 5.74) is 5.70. The minimum absolute atomic E-state index is 0.0270. The second-order valence-electron chi connectivity index (χ2n) is 17.2. The van der Waals surface area contributed by atoms with Gasteiger partial charge in [-0.15, -0.1) is 0 Å². The highest BCUT2D eigenvalue weighted by Gasteiger charge is 2.36. The zero-order valence-corrected chi connectivity index (χ0v) is 36.4. The van der Waals surface area contributed by atoms with Gasteiger partial charge in [-0.05, 0) is 133 Å². The number of methoxy groups -OCH3 is 1. The number of hydrogen-bond acceptors (Lipinski definition) is 10. The number of aromatic nitrogens is 1. The topological polar surface area (TPSA) is 177 Å². The quantitative estimate of drug-likeness (QED) is 0.0262. The number of fused-ring (bicyclic) bond motifs is 1. The fourth-order valence-electron chi connectivity index (χ4n) is 9.46. The number of aliphatic hydroxyl groups excluding tert-OH is 2. The van der Waals surface area contributed by atoms with Gasteiger partial charge in [0.2, 0.25) is 0 Å². The average molecular weight is 856 g/mol. The van der Waals surface area contributed by atoms with Crippen LogP contribution in [0.3, 0.4) is 0 Å². The molecular weight excluding hydrogens is 795 g/mol. The van der Waals surface area contributed by atoms with Crippen LogP contribution in [0.25, 0.3) is 10.8 Å². The lowest BCUT2D eigenvalue weighted by Gasteiger charge is -2.31. The van der Waals surface area contributed by atoms with Gasteiger partial charge in [-0.2, -0.15) is 0 Å². The number of hydrogen-bond donors (Lipinski definition) is 8. The highest BCUT2D eigenvalue weighted by molar-refractivity contribution is 5.87. The highest BCUT2D eigenvalue weighted by Crippen LogP contribution is 2.42. The predicted octanol–water partition coefficient (Wildman–Crippen LogP) is 7.93. The van der Waals surface area contributed by atoms with Crippen molar-refractivity contribution in [3.05, 3.63) is 148 Å². The number of aromatic hydroxyl groups is 3. The van der Waals surface area contributed by atoms with Crippen LogP contribution in [0.15, 0.2) is 109 Å². The Balaban J connectivity index is 1.22. The van der Waals surface area contributed by atoms with Crippen molar-refractivity contribution in [1.82, 2.24) is 15.6 Å². The summed E-state index contributed by atoms with van der Waals surface area (Å²) in [6.45, 7) is 2.02. The standard InChI is InChI=1S/C52H61N3O8/c1-33(56)30-55-32-63-50-23-34(13-15-46(50)58)22-44(39-25-41(28-42(57)26-39)52(53-2)18-6-7-19-52)49(61)29-48(60)40(21-35-17-20-54-31-35)24-38-14-16-47(59)51(62-3)45(38)27-37-11-8-10-36-9-4-5-12-43(36)37/h4-5,8-17,20,23,25-26,28,31,33,40,44,48,53-60H,6-7,18-19,21-22,24,27,29-30,32H2,1-3H3. The number of carbonyl (C=O) groups excluding carboxylic acids is 1. The second-order valence-corrected chi connectivity index (χ2v) is 17.2. The number of benzene rings is 5. The summed E-state index contributed by atoms with van der Waals surface area (Å²) in [5, 5.41) is 63.7. The van der Waals surface area contributed by atoms with Crippen molar-refractivity contribution in [2.24, 2.45) is 5.92 Å². The summed E-state index contributed by atoms with van der Waals surface area (Å²) in [6.07, 6.45) is 7.38. The molecule has 7 rings (SSSR count). The molecular formula is C52H61N3O8. The Morgan fingerprint density at radius 2 is 1.62 bits per heavy atom. The molecule has 0 aliphatic heterocycles. The molecule has 8 N–H and O–H groups in total. The van der Waals surface area contributed by atoms with Crippen LogP contribution >= 0.6 is 0 Å². The van der Waals surface area contributed by atoms with Crippen LogP contribution in [0.1, 0.15) is 83.9 Å². The monoisotopic (exact) mass is 855 g/mol. The minimum atomic E-state index is -1.07. The van der Waals surface area contributed by atoms with Crippen molar-refractivity contribution in [1.29, 1.82) is 0 Å². The zero-order valence-electron chi connectivity index (χ0n) is 36.4. The molecule has 0 bridgehead atoms. The molecule has 1 heterocycles. The number of phenols is 3. The molecule has 11 heteroatoms. The summed E-state index contributed by atoms with van der Waals surface area (Å²) in [7, 11) is 3.48. The van der Waals surface area contributed by atoms with E-state index < -0.39 is 24.0 Å².